The van der Waals surface area contributed by atoms with Crippen molar-refractivity contribution in [2.75, 3.05) is 6.54 Å². The highest BCUT2D eigenvalue weighted by atomic mass is 16.5. The molecule has 2 rings (SSSR count). The summed E-state index contributed by atoms with van der Waals surface area (Å²) in [5, 5.41) is 2.80. The molecule has 0 saturated heterocycles. The molecule has 1 aromatic heterocycles. The normalized spacial score (nSPS) is 14.8. The van der Waals surface area contributed by atoms with Crippen LogP contribution in [0.3, 0.4) is 0 Å². The Morgan fingerprint density at radius 1 is 1.33 bits per heavy atom. The quantitative estimate of drug-likeness (QED) is 0.901. The van der Waals surface area contributed by atoms with Crippen molar-refractivity contribution in [3.63, 3.8) is 0 Å². The highest BCUT2D eigenvalue weighted by Crippen LogP contribution is 2.22. The standard InChI is InChI=1S/C19H24N2O3/c1-11(2)24-17-6-7-20-18(14(17)5)19(23)21-10-15-13(4)8-12(3)9-16(15)22/h6-8,11H,9-10H2,1-5H3,(H,21,23). The summed E-state index contributed by atoms with van der Waals surface area (Å²) in [4.78, 5) is 28.7. The molecule has 0 spiro atoms. The van der Waals surface area contributed by atoms with Gasteiger partial charge >= 0.3 is 0 Å². The fourth-order valence-corrected chi connectivity index (χ4v) is 2.71. The predicted octanol–water partition coefficient (Wildman–Crippen LogP) is 3.14. The van der Waals surface area contributed by atoms with Crippen LogP contribution in [0.15, 0.2) is 35.1 Å². The molecule has 1 N–H and O–H groups in total. The fraction of sp³-hybridized carbons (Fsp3) is 0.421. The first-order valence-corrected chi connectivity index (χ1v) is 8.10. The monoisotopic (exact) mass is 328 g/mol. The molecule has 128 valence electrons. The van der Waals surface area contributed by atoms with E-state index in [-0.39, 0.29) is 24.3 Å². The van der Waals surface area contributed by atoms with E-state index in [0.29, 0.717) is 29.0 Å². The van der Waals surface area contributed by atoms with E-state index < -0.39 is 0 Å². The van der Waals surface area contributed by atoms with Crippen LogP contribution in [0.25, 0.3) is 0 Å². The molecule has 0 fully saturated rings. The van der Waals surface area contributed by atoms with Gasteiger partial charge in [0.05, 0.1) is 6.10 Å². The molecule has 1 aliphatic rings. The van der Waals surface area contributed by atoms with Gasteiger partial charge in [-0.05, 0) is 46.3 Å². The van der Waals surface area contributed by atoms with Crippen molar-refractivity contribution in [2.24, 2.45) is 0 Å². The average molecular weight is 328 g/mol. The number of carbonyl (C=O) groups is 2. The molecule has 0 saturated carbocycles. The summed E-state index contributed by atoms with van der Waals surface area (Å²) in [5.74, 6) is 0.406. The molecular weight excluding hydrogens is 304 g/mol. The van der Waals surface area contributed by atoms with Crippen LogP contribution in [0.5, 0.6) is 5.75 Å². The van der Waals surface area contributed by atoms with Gasteiger partial charge in [-0.3, -0.25) is 14.6 Å². The maximum absolute atomic E-state index is 12.4. The Morgan fingerprint density at radius 2 is 2.04 bits per heavy atom. The van der Waals surface area contributed by atoms with E-state index in [2.05, 4.69) is 10.3 Å². The third-order valence-electron chi connectivity index (χ3n) is 3.87. The number of rotatable bonds is 5. The first-order chi connectivity index (χ1) is 11.3. The molecule has 1 aromatic rings. The molecule has 0 radical (unpaired) electrons. The van der Waals surface area contributed by atoms with Crippen LogP contribution < -0.4 is 10.1 Å². The highest BCUT2D eigenvalue weighted by molar-refractivity contribution is 6.01. The van der Waals surface area contributed by atoms with Gasteiger partial charge in [0.15, 0.2) is 5.78 Å². The lowest BCUT2D eigenvalue weighted by Crippen LogP contribution is -2.30. The van der Waals surface area contributed by atoms with Crippen LogP contribution in [0, 0.1) is 6.92 Å². The van der Waals surface area contributed by atoms with Crippen LogP contribution in [-0.4, -0.2) is 29.3 Å². The third kappa shape index (κ3) is 4.10. The number of ether oxygens (including phenoxy) is 1. The molecule has 1 amide bonds. The molecule has 0 aliphatic heterocycles. The number of nitrogens with one attached hydrogen (secondary N) is 1. The number of hydrogen-bond acceptors (Lipinski definition) is 4. The van der Waals surface area contributed by atoms with Gasteiger partial charge in [0.2, 0.25) is 0 Å². The number of Topliss-reactive ketones (excluding diaryl/α,β-unsaturated/α-hetero) is 1. The van der Waals surface area contributed by atoms with Gasteiger partial charge in [0.1, 0.15) is 11.4 Å². The van der Waals surface area contributed by atoms with Crippen LogP contribution in [0.2, 0.25) is 0 Å². The molecule has 1 heterocycles. The number of nitrogens with zero attached hydrogens (tertiary/aromatic N) is 1. The van der Waals surface area contributed by atoms with Crippen LogP contribution in [0.1, 0.15) is 50.2 Å². The largest absolute Gasteiger partial charge is 0.491 e. The molecular formula is C19H24N2O3. The highest BCUT2D eigenvalue weighted by Gasteiger charge is 2.20. The molecule has 1 aliphatic carbocycles. The summed E-state index contributed by atoms with van der Waals surface area (Å²) in [5.41, 5.74) is 3.62. The second kappa shape index (κ2) is 7.43. The average Bonchev–Trinajstić information content (AvgIpc) is 2.47. The zero-order chi connectivity index (χ0) is 17.9. The number of amides is 1. The molecule has 5 nitrogen and oxygen atoms in total. The van der Waals surface area contributed by atoms with Gasteiger partial charge < -0.3 is 10.1 Å². The zero-order valence-corrected chi connectivity index (χ0v) is 14.9. The van der Waals surface area contributed by atoms with Gasteiger partial charge in [0, 0.05) is 30.3 Å². The van der Waals surface area contributed by atoms with Crippen LogP contribution in [-0.2, 0) is 4.79 Å². The number of hydrogen-bond donors (Lipinski definition) is 1. The Hall–Kier alpha value is -2.43. The molecule has 5 heteroatoms. The summed E-state index contributed by atoms with van der Waals surface area (Å²) in [7, 11) is 0. The molecule has 0 unspecified atom stereocenters. The minimum Gasteiger partial charge on any atom is -0.491 e. The molecule has 0 aromatic carbocycles. The lowest BCUT2D eigenvalue weighted by molar-refractivity contribution is -0.115. The molecule has 0 atom stereocenters. The van der Waals surface area contributed by atoms with Crippen molar-refractivity contribution in [1.29, 1.82) is 0 Å². The summed E-state index contributed by atoms with van der Waals surface area (Å²) in [6.07, 6.45) is 3.98. The summed E-state index contributed by atoms with van der Waals surface area (Å²) in [6, 6.07) is 1.75. The van der Waals surface area contributed by atoms with Gasteiger partial charge in [-0.2, -0.15) is 0 Å². The zero-order valence-electron chi connectivity index (χ0n) is 14.9. The van der Waals surface area contributed by atoms with E-state index in [1.807, 2.05) is 40.7 Å². The van der Waals surface area contributed by atoms with Crippen molar-refractivity contribution >= 4 is 11.7 Å². The van der Waals surface area contributed by atoms with Crippen molar-refractivity contribution in [3.8, 4) is 5.75 Å². The third-order valence-corrected chi connectivity index (χ3v) is 3.87. The Bertz CT molecular complexity index is 730. The maximum Gasteiger partial charge on any atom is 0.270 e. The van der Waals surface area contributed by atoms with E-state index in [4.69, 9.17) is 4.74 Å². The molecule has 24 heavy (non-hydrogen) atoms. The number of carbonyl (C=O) groups excluding carboxylic acids is 2. The van der Waals surface area contributed by atoms with Gasteiger partial charge in [-0.1, -0.05) is 11.6 Å². The van der Waals surface area contributed by atoms with E-state index in [1.165, 1.54) is 0 Å². The van der Waals surface area contributed by atoms with Gasteiger partial charge in [-0.15, -0.1) is 0 Å². The van der Waals surface area contributed by atoms with Crippen LogP contribution >= 0.6 is 0 Å². The van der Waals surface area contributed by atoms with Crippen molar-refractivity contribution < 1.29 is 14.3 Å². The Labute approximate surface area is 142 Å². The second-order valence-corrected chi connectivity index (χ2v) is 6.38. The van der Waals surface area contributed by atoms with E-state index in [1.54, 1.807) is 12.3 Å². The van der Waals surface area contributed by atoms with Crippen molar-refractivity contribution in [2.45, 2.75) is 47.1 Å². The summed E-state index contributed by atoms with van der Waals surface area (Å²) < 4.78 is 5.68. The number of ketones is 1. The minimum atomic E-state index is -0.305. The van der Waals surface area contributed by atoms with E-state index in [9.17, 15) is 9.59 Å². The second-order valence-electron chi connectivity index (χ2n) is 6.38. The van der Waals surface area contributed by atoms with E-state index >= 15 is 0 Å². The SMILES string of the molecule is CC1=CC(C)=C(CNC(=O)c2nccc(OC(C)C)c2C)C(=O)C1. The lowest BCUT2D eigenvalue weighted by atomic mass is 9.92. The minimum absolute atomic E-state index is 0.0182. The maximum atomic E-state index is 12.4. The Balaban J connectivity index is 2.14. The van der Waals surface area contributed by atoms with Gasteiger partial charge in [0.25, 0.3) is 5.91 Å². The van der Waals surface area contributed by atoms with Gasteiger partial charge in [-0.25, -0.2) is 0 Å². The van der Waals surface area contributed by atoms with E-state index in [0.717, 1.165) is 11.1 Å². The first kappa shape index (κ1) is 17.9. The summed E-state index contributed by atoms with van der Waals surface area (Å²) >= 11 is 0. The molecule has 0 bridgehead atoms. The Kier molecular flexibility index (Phi) is 5.54. The van der Waals surface area contributed by atoms with Crippen molar-refractivity contribution in [3.05, 3.63) is 46.3 Å². The number of pyridine rings is 1. The first-order valence-electron chi connectivity index (χ1n) is 8.10. The lowest BCUT2D eigenvalue weighted by Gasteiger charge is -2.17. The van der Waals surface area contributed by atoms with Crippen molar-refractivity contribution in [1.82, 2.24) is 10.3 Å². The number of aromatic nitrogens is 1. The topological polar surface area (TPSA) is 68.3 Å². The predicted molar refractivity (Wildman–Crippen MR) is 93.2 cm³/mol. The van der Waals surface area contributed by atoms with Crippen LogP contribution in [0.4, 0.5) is 0 Å². The summed E-state index contributed by atoms with van der Waals surface area (Å²) in [6.45, 7) is 9.71. The Morgan fingerprint density at radius 3 is 2.67 bits per heavy atom. The fourth-order valence-electron chi connectivity index (χ4n) is 2.71. The smallest absolute Gasteiger partial charge is 0.270 e. The number of allylic oxidation sites excluding steroid dienone is 3.